The van der Waals surface area contributed by atoms with Gasteiger partial charge in [-0.2, -0.15) is 5.10 Å². The number of nitrogens with one attached hydrogen (secondary N) is 1. The first-order valence-electron chi connectivity index (χ1n) is 10.5. The van der Waals surface area contributed by atoms with Crippen LogP contribution in [0, 0.1) is 6.92 Å². The van der Waals surface area contributed by atoms with E-state index in [1.165, 1.54) is 0 Å². The molecule has 3 aromatic rings. The third-order valence-corrected chi connectivity index (χ3v) is 5.41. The van der Waals surface area contributed by atoms with Gasteiger partial charge in [-0.1, -0.05) is 30.3 Å². The van der Waals surface area contributed by atoms with Crippen LogP contribution in [0.4, 0.5) is 0 Å². The van der Waals surface area contributed by atoms with Crippen LogP contribution in [0.2, 0.25) is 0 Å². The van der Waals surface area contributed by atoms with Crippen LogP contribution in [-0.2, 0) is 4.74 Å². The van der Waals surface area contributed by atoms with Crippen molar-refractivity contribution < 1.29 is 14.6 Å². The van der Waals surface area contributed by atoms with Crippen LogP contribution < -0.4 is 4.74 Å². The van der Waals surface area contributed by atoms with Crippen molar-refractivity contribution in [2.45, 2.75) is 33.0 Å². The Labute approximate surface area is 177 Å². The van der Waals surface area contributed by atoms with E-state index in [-0.39, 0.29) is 18.0 Å². The molecule has 0 bridgehead atoms. The number of phenols is 1. The molecule has 6 heteroatoms. The fourth-order valence-corrected chi connectivity index (χ4v) is 4.14. The molecule has 0 spiro atoms. The Hall–Kier alpha value is -2.83. The van der Waals surface area contributed by atoms with Crippen molar-refractivity contribution in [2.24, 2.45) is 0 Å². The number of rotatable bonds is 6. The van der Waals surface area contributed by atoms with Gasteiger partial charge in [0.15, 0.2) is 0 Å². The third-order valence-electron chi connectivity index (χ3n) is 5.41. The summed E-state index contributed by atoms with van der Waals surface area (Å²) in [6.07, 6.45) is 0.487. The molecular weight excluding hydrogens is 378 g/mol. The first-order chi connectivity index (χ1) is 14.5. The van der Waals surface area contributed by atoms with E-state index in [0.29, 0.717) is 17.9 Å². The van der Waals surface area contributed by atoms with Gasteiger partial charge in [-0.05, 0) is 38.5 Å². The molecule has 0 amide bonds. The van der Waals surface area contributed by atoms with Gasteiger partial charge in [0.1, 0.15) is 23.8 Å². The Morgan fingerprint density at radius 1 is 1.13 bits per heavy atom. The SMILES string of the molecule is Cc1[nH]nc(-c2ccc(OCCN3C[C@@H](C)O[C@@H](C)C3)cc2O)c1-c1ccccc1. The van der Waals surface area contributed by atoms with Gasteiger partial charge in [-0.3, -0.25) is 10.00 Å². The van der Waals surface area contributed by atoms with E-state index in [4.69, 9.17) is 9.47 Å². The lowest BCUT2D eigenvalue weighted by Crippen LogP contribution is -2.46. The topological polar surface area (TPSA) is 70.6 Å². The van der Waals surface area contributed by atoms with Crippen LogP contribution in [0.3, 0.4) is 0 Å². The summed E-state index contributed by atoms with van der Waals surface area (Å²) in [7, 11) is 0. The molecule has 1 aliphatic rings. The standard InChI is InChI=1S/C24H29N3O3/c1-16-14-27(15-17(2)30-16)11-12-29-20-9-10-21(22(28)13-20)24-23(18(3)25-26-24)19-7-5-4-6-8-19/h4-10,13,16-17,28H,11-12,14-15H2,1-3H3,(H,25,26)/t16-,17+. The predicted molar refractivity (Wildman–Crippen MR) is 118 cm³/mol. The molecule has 0 unspecified atom stereocenters. The van der Waals surface area contributed by atoms with Crippen LogP contribution in [0.1, 0.15) is 19.5 Å². The zero-order valence-corrected chi connectivity index (χ0v) is 17.8. The minimum atomic E-state index is 0.157. The second-order valence-corrected chi connectivity index (χ2v) is 7.98. The Morgan fingerprint density at radius 3 is 2.57 bits per heavy atom. The number of aromatic amines is 1. The normalized spacial score (nSPS) is 19.7. The first-order valence-corrected chi connectivity index (χ1v) is 10.5. The first kappa shape index (κ1) is 20.4. The average molecular weight is 408 g/mol. The van der Waals surface area contributed by atoms with E-state index in [1.807, 2.05) is 49.4 Å². The molecule has 1 fully saturated rings. The number of hydrogen-bond acceptors (Lipinski definition) is 5. The van der Waals surface area contributed by atoms with Crippen molar-refractivity contribution in [3.63, 3.8) is 0 Å². The zero-order chi connectivity index (χ0) is 21.1. The third kappa shape index (κ3) is 4.50. The predicted octanol–water partition coefficient (Wildman–Crippen LogP) is 4.25. The number of morpholine rings is 1. The molecule has 2 aromatic carbocycles. The highest BCUT2D eigenvalue weighted by Gasteiger charge is 2.22. The molecule has 4 rings (SSSR count). The second kappa shape index (κ2) is 8.90. The van der Waals surface area contributed by atoms with Crippen LogP contribution in [0.5, 0.6) is 11.5 Å². The van der Waals surface area contributed by atoms with Crippen LogP contribution in [-0.4, -0.2) is 58.7 Å². The van der Waals surface area contributed by atoms with Crippen LogP contribution in [0.25, 0.3) is 22.4 Å². The Morgan fingerprint density at radius 2 is 1.87 bits per heavy atom. The van der Waals surface area contributed by atoms with E-state index in [2.05, 4.69) is 28.9 Å². The van der Waals surface area contributed by atoms with Crippen molar-refractivity contribution in [2.75, 3.05) is 26.2 Å². The van der Waals surface area contributed by atoms with Gasteiger partial charge < -0.3 is 14.6 Å². The fourth-order valence-electron chi connectivity index (χ4n) is 4.14. The van der Waals surface area contributed by atoms with Gasteiger partial charge in [0.25, 0.3) is 0 Å². The van der Waals surface area contributed by atoms with Crippen LogP contribution in [0.15, 0.2) is 48.5 Å². The number of H-pyrrole nitrogens is 1. The molecule has 2 atom stereocenters. The van der Waals surface area contributed by atoms with Crippen molar-refractivity contribution in [3.05, 3.63) is 54.2 Å². The zero-order valence-electron chi connectivity index (χ0n) is 17.8. The lowest BCUT2D eigenvalue weighted by Gasteiger charge is -2.35. The molecule has 1 saturated heterocycles. The summed E-state index contributed by atoms with van der Waals surface area (Å²) in [5.41, 5.74) is 4.44. The molecule has 1 aliphatic heterocycles. The van der Waals surface area contributed by atoms with Gasteiger partial charge in [0.2, 0.25) is 0 Å². The van der Waals surface area contributed by atoms with Gasteiger partial charge in [0.05, 0.1) is 12.2 Å². The van der Waals surface area contributed by atoms with Gasteiger partial charge in [0, 0.05) is 42.5 Å². The molecule has 158 valence electrons. The molecule has 2 heterocycles. The summed E-state index contributed by atoms with van der Waals surface area (Å²) in [5.74, 6) is 0.809. The Bertz CT molecular complexity index is 977. The van der Waals surface area contributed by atoms with E-state index >= 15 is 0 Å². The average Bonchev–Trinajstić information content (AvgIpc) is 3.09. The molecule has 30 heavy (non-hydrogen) atoms. The number of hydrogen-bond donors (Lipinski definition) is 2. The summed E-state index contributed by atoms with van der Waals surface area (Å²) < 4.78 is 11.7. The summed E-state index contributed by atoms with van der Waals surface area (Å²) in [6.45, 7) is 9.41. The number of aromatic hydroxyl groups is 1. The summed E-state index contributed by atoms with van der Waals surface area (Å²) in [5, 5.41) is 18.2. The maximum Gasteiger partial charge on any atom is 0.128 e. The van der Waals surface area contributed by atoms with Crippen molar-refractivity contribution >= 4 is 0 Å². The highest BCUT2D eigenvalue weighted by Crippen LogP contribution is 2.38. The fraction of sp³-hybridized carbons (Fsp3) is 0.375. The molecule has 0 saturated carbocycles. The lowest BCUT2D eigenvalue weighted by molar-refractivity contribution is -0.0699. The second-order valence-electron chi connectivity index (χ2n) is 7.98. The number of aryl methyl sites for hydroxylation is 1. The largest absolute Gasteiger partial charge is 0.507 e. The smallest absolute Gasteiger partial charge is 0.128 e. The minimum absolute atomic E-state index is 0.157. The van der Waals surface area contributed by atoms with E-state index in [0.717, 1.165) is 42.1 Å². The Balaban J connectivity index is 1.46. The highest BCUT2D eigenvalue weighted by atomic mass is 16.5. The number of nitrogens with zero attached hydrogens (tertiary/aromatic N) is 2. The molecule has 2 N–H and O–H groups in total. The summed E-state index contributed by atoms with van der Waals surface area (Å²) in [4.78, 5) is 2.35. The quantitative estimate of drug-likeness (QED) is 0.639. The number of aromatic nitrogens is 2. The molecule has 0 radical (unpaired) electrons. The van der Waals surface area contributed by atoms with Crippen LogP contribution >= 0.6 is 0 Å². The van der Waals surface area contributed by atoms with E-state index in [9.17, 15) is 5.11 Å². The Kier molecular flexibility index (Phi) is 6.06. The van der Waals surface area contributed by atoms with Crippen molar-refractivity contribution in [3.8, 4) is 33.9 Å². The minimum Gasteiger partial charge on any atom is -0.507 e. The molecule has 0 aliphatic carbocycles. The number of ether oxygens (including phenoxy) is 2. The lowest BCUT2D eigenvalue weighted by atomic mass is 9.99. The van der Waals surface area contributed by atoms with Crippen molar-refractivity contribution in [1.82, 2.24) is 15.1 Å². The summed E-state index contributed by atoms with van der Waals surface area (Å²) in [6, 6.07) is 15.5. The number of benzene rings is 2. The number of phenolic OH excluding ortho intramolecular Hbond substituents is 1. The highest BCUT2D eigenvalue weighted by molar-refractivity contribution is 5.85. The van der Waals surface area contributed by atoms with E-state index in [1.54, 1.807) is 6.07 Å². The molecular formula is C24H29N3O3. The maximum atomic E-state index is 10.7. The monoisotopic (exact) mass is 407 g/mol. The maximum absolute atomic E-state index is 10.7. The van der Waals surface area contributed by atoms with Gasteiger partial charge in [-0.25, -0.2) is 0 Å². The van der Waals surface area contributed by atoms with Crippen molar-refractivity contribution in [1.29, 1.82) is 0 Å². The summed E-state index contributed by atoms with van der Waals surface area (Å²) >= 11 is 0. The molecule has 1 aromatic heterocycles. The van der Waals surface area contributed by atoms with Gasteiger partial charge >= 0.3 is 0 Å². The van der Waals surface area contributed by atoms with Gasteiger partial charge in [-0.15, -0.1) is 0 Å². The molecule has 6 nitrogen and oxygen atoms in total. The van der Waals surface area contributed by atoms with E-state index < -0.39 is 0 Å².